The second-order valence-electron chi connectivity index (χ2n) is 8.61. The molecule has 3 aromatic carbocycles. The molecule has 1 aliphatic rings. The number of nitrogens with zero attached hydrogens (tertiary/aromatic N) is 3. The summed E-state index contributed by atoms with van der Waals surface area (Å²) in [5.74, 6) is 0.397. The highest BCUT2D eigenvalue weighted by molar-refractivity contribution is 9.10. The van der Waals surface area contributed by atoms with Crippen molar-refractivity contribution in [3.63, 3.8) is 0 Å². The summed E-state index contributed by atoms with van der Waals surface area (Å²) in [5, 5.41) is 12.4. The molecule has 1 aromatic heterocycles. The van der Waals surface area contributed by atoms with Crippen molar-refractivity contribution in [1.29, 1.82) is 0 Å². The van der Waals surface area contributed by atoms with E-state index in [1.165, 1.54) is 0 Å². The van der Waals surface area contributed by atoms with Crippen LogP contribution in [0.15, 0.2) is 83.5 Å². The average Bonchev–Trinajstić information content (AvgIpc) is 3.30. The molecule has 5 nitrogen and oxygen atoms in total. The van der Waals surface area contributed by atoms with Crippen LogP contribution >= 0.6 is 39.1 Å². The van der Waals surface area contributed by atoms with Crippen LogP contribution in [0, 0.1) is 0 Å². The van der Waals surface area contributed by atoms with E-state index in [-0.39, 0.29) is 5.91 Å². The van der Waals surface area contributed by atoms with E-state index in [1.807, 2.05) is 59.2 Å². The van der Waals surface area contributed by atoms with E-state index in [0.29, 0.717) is 47.5 Å². The molecule has 0 aliphatic carbocycles. The monoisotopic (exact) mass is 569 g/mol. The van der Waals surface area contributed by atoms with E-state index in [4.69, 9.17) is 28.2 Å². The zero-order valence-electron chi connectivity index (χ0n) is 18.7. The number of carbonyl (C=O) groups is 1. The molecule has 0 bridgehead atoms. The lowest BCUT2D eigenvalue weighted by Gasteiger charge is -2.38. The van der Waals surface area contributed by atoms with Crippen molar-refractivity contribution in [2.75, 3.05) is 13.1 Å². The Morgan fingerprint density at radius 2 is 1.60 bits per heavy atom. The Labute approximate surface area is 222 Å². The van der Waals surface area contributed by atoms with Gasteiger partial charge >= 0.3 is 0 Å². The minimum absolute atomic E-state index is 0.177. The maximum atomic E-state index is 13.5. The van der Waals surface area contributed by atoms with Crippen molar-refractivity contribution >= 4 is 45.0 Å². The topological polar surface area (TPSA) is 58.4 Å². The number of hydrogen-bond donors (Lipinski definition) is 1. The van der Waals surface area contributed by atoms with E-state index < -0.39 is 5.60 Å². The number of rotatable bonds is 4. The lowest BCUT2D eigenvalue weighted by molar-refractivity contribution is -0.0212. The van der Waals surface area contributed by atoms with Crippen molar-refractivity contribution in [3.8, 4) is 17.1 Å². The molecule has 1 aliphatic heterocycles. The van der Waals surface area contributed by atoms with Gasteiger partial charge in [-0.1, -0.05) is 63.4 Å². The molecule has 1 fully saturated rings. The van der Waals surface area contributed by atoms with Crippen LogP contribution in [-0.2, 0) is 5.60 Å². The molecular formula is C27H22BrCl2N3O2. The second kappa shape index (κ2) is 9.78. The smallest absolute Gasteiger partial charge is 0.274 e. The molecule has 0 unspecified atom stereocenters. The highest BCUT2D eigenvalue weighted by Crippen LogP contribution is 2.35. The second-order valence-corrected chi connectivity index (χ2v) is 10.4. The Balaban J connectivity index is 1.43. The van der Waals surface area contributed by atoms with Crippen LogP contribution in [0.1, 0.15) is 28.9 Å². The number of likely N-dealkylation sites (tertiary alicyclic amines) is 1. The third-order valence-electron chi connectivity index (χ3n) is 6.40. The summed E-state index contributed by atoms with van der Waals surface area (Å²) in [7, 11) is 0. The summed E-state index contributed by atoms with van der Waals surface area (Å²) < 4.78 is 2.82. The fourth-order valence-electron chi connectivity index (χ4n) is 4.40. The lowest BCUT2D eigenvalue weighted by atomic mass is 9.84. The number of amides is 1. The maximum absolute atomic E-state index is 13.5. The molecule has 0 spiro atoms. The number of halogens is 3. The molecule has 0 atom stereocenters. The van der Waals surface area contributed by atoms with E-state index in [0.717, 1.165) is 21.3 Å². The van der Waals surface area contributed by atoms with Gasteiger partial charge in [0.2, 0.25) is 0 Å². The largest absolute Gasteiger partial charge is 0.385 e. The minimum atomic E-state index is -0.955. The Bertz CT molecular complexity index is 1360. The number of aromatic nitrogens is 2. The molecule has 0 radical (unpaired) electrons. The van der Waals surface area contributed by atoms with Gasteiger partial charge in [-0.3, -0.25) is 9.36 Å². The molecule has 1 amide bonds. The zero-order chi connectivity index (χ0) is 24.6. The fourth-order valence-corrected chi connectivity index (χ4v) is 5.02. The van der Waals surface area contributed by atoms with Gasteiger partial charge in [-0.2, -0.15) is 0 Å². The first-order chi connectivity index (χ1) is 16.8. The first-order valence-electron chi connectivity index (χ1n) is 11.2. The number of carbonyl (C=O) groups excluding carboxylic acids is 1. The number of imidazole rings is 1. The van der Waals surface area contributed by atoms with Crippen molar-refractivity contribution < 1.29 is 9.90 Å². The molecule has 1 N–H and O–H groups in total. The lowest BCUT2D eigenvalue weighted by Crippen LogP contribution is -2.45. The number of benzene rings is 3. The molecule has 0 saturated carbocycles. The third-order valence-corrected chi connectivity index (χ3v) is 7.51. The molecule has 4 aromatic rings. The highest BCUT2D eigenvalue weighted by Gasteiger charge is 2.36. The minimum Gasteiger partial charge on any atom is -0.385 e. The molecule has 8 heteroatoms. The van der Waals surface area contributed by atoms with Gasteiger partial charge in [-0.15, -0.1) is 0 Å². The van der Waals surface area contributed by atoms with Gasteiger partial charge < -0.3 is 10.0 Å². The molecular weight excluding hydrogens is 549 g/mol. The van der Waals surface area contributed by atoms with Crippen LogP contribution < -0.4 is 0 Å². The Kier molecular flexibility index (Phi) is 6.73. The predicted octanol–water partition coefficient (Wildman–Crippen LogP) is 6.73. The van der Waals surface area contributed by atoms with E-state index in [9.17, 15) is 9.90 Å². The summed E-state index contributed by atoms with van der Waals surface area (Å²) in [5.41, 5.74) is 1.78. The van der Waals surface area contributed by atoms with Gasteiger partial charge in [0, 0.05) is 40.0 Å². The molecule has 35 heavy (non-hydrogen) atoms. The first-order valence-corrected chi connectivity index (χ1v) is 12.8. The zero-order valence-corrected chi connectivity index (χ0v) is 21.8. The van der Waals surface area contributed by atoms with Gasteiger partial charge in [-0.25, -0.2) is 4.98 Å². The molecule has 2 heterocycles. The molecule has 178 valence electrons. The standard InChI is InChI=1S/C27H22BrCl2N3O2/c28-19-7-5-18(6-8-19)27(35)13-15-32(16-14-27)26(34)24-17-33(21-11-9-20(29)10-12-21)25(31-24)22-3-1-2-4-23(22)30/h1-12,17,35H,13-16H2. The van der Waals surface area contributed by atoms with Crippen LogP contribution in [0.2, 0.25) is 10.0 Å². The summed E-state index contributed by atoms with van der Waals surface area (Å²) in [6.45, 7) is 0.862. The van der Waals surface area contributed by atoms with Crippen molar-refractivity contribution in [1.82, 2.24) is 14.5 Å². The van der Waals surface area contributed by atoms with Gasteiger partial charge in [0.1, 0.15) is 11.5 Å². The van der Waals surface area contributed by atoms with Gasteiger partial charge in [-0.05, 0) is 66.9 Å². The maximum Gasteiger partial charge on any atom is 0.274 e. The van der Waals surface area contributed by atoms with Crippen molar-refractivity contribution in [3.05, 3.63) is 105 Å². The average molecular weight is 571 g/mol. The summed E-state index contributed by atoms with van der Waals surface area (Å²) in [6.07, 6.45) is 2.64. The van der Waals surface area contributed by atoms with Gasteiger partial charge in [0.25, 0.3) is 5.91 Å². The van der Waals surface area contributed by atoms with Gasteiger partial charge in [0.05, 0.1) is 10.6 Å². The summed E-state index contributed by atoms with van der Waals surface area (Å²) in [6, 6.07) is 22.4. The first kappa shape index (κ1) is 24.1. The quantitative estimate of drug-likeness (QED) is 0.296. The normalized spacial score (nSPS) is 15.3. The molecule has 5 rings (SSSR count). The van der Waals surface area contributed by atoms with E-state index in [1.54, 1.807) is 29.3 Å². The number of piperidine rings is 1. The predicted molar refractivity (Wildman–Crippen MR) is 142 cm³/mol. The Morgan fingerprint density at radius 1 is 0.943 bits per heavy atom. The molecule has 1 saturated heterocycles. The van der Waals surface area contributed by atoms with Crippen LogP contribution in [0.5, 0.6) is 0 Å². The van der Waals surface area contributed by atoms with Gasteiger partial charge in [0.15, 0.2) is 0 Å². The van der Waals surface area contributed by atoms with E-state index >= 15 is 0 Å². The van der Waals surface area contributed by atoms with Crippen LogP contribution in [0.4, 0.5) is 0 Å². The van der Waals surface area contributed by atoms with Crippen LogP contribution in [0.25, 0.3) is 17.1 Å². The third kappa shape index (κ3) is 4.89. The van der Waals surface area contributed by atoms with Crippen LogP contribution in [0.3, 0.4) is 0 Å². The van der Waals surface area contributed by atoms with Crippen molar-refractivity contribution in [2.45, 2.75) is 18.4 Å². The highest BCUT2D eigenvalue weighted by atomic mass is 79.9. The van der Waals surface area contributed by atoms with E-state index in [2.05, 4.69) is 15.9 Å². The Hall–Kier alpha value is -2.64. The summed E-state index contributed by atoms with van der Waals surface area (Å²) >= 11 is 16.0. The fraction of sp³-hybridized carbons (Fsp3) is 0.185. The SMILES string of the molecule is O=C(c1cn(-c2ccc(Cl)cc2)c(-c2ccccc2Cl)n1)N1CCC(O)(c2ccc(Br)cc2)CC1. The Morgan fingerprint density at radius 3 is 2.26 bits per heavy atom. The van der Waals surface area contributed by atoms with Crippen LogP contribution in [-0.4, -0.2) is 38.6 Å². The summed E-state index contributed by atoms with van der Waals surface area (Å²) in [4.78, 5) is 19.9. The number of hydrogen-bond acceptors (Lipinski definition) is 3. The van der Waals surface area contributed by atoms with Crippen molar-refractivity contribution in [2.24, 2.45) is 0 Å². The number of aliphatic hydroxyl groups is 1.